The van der Waals surface area contributed by atoms with E-state index in [4.69, 9.17) is 0 Å². The zero-order valence-corrected chi connectivity index (χ0v) is 86.4. The largest absolute Gasteiger partial charge is 2.00 e. The quantitative estimate of drug-likeness (QED) is 0.0200. The topological polar surface area (TPSA) is 189 Å². The van der Waals surface area contributed by atoms with Gasteiger partial charge < -0.3 is 45.1 Å². The van der Waals surface area contributed by atoms with E-state index >= 15 is 0 Å². The fourth-order valence-corrected chi connectivity index (χ4v) is 22.8. The molecule has 0 rings (SSSR count). The van der Waals surface area contributed by atoms with E-state index in [1.165, 1.54) is 360 Å². The minimum absolute atomic E-state index is 0. The van der Waals surface area contributed by atoms with Gasteiger partial charge in [-0.3, -0.25) is 0 Å². The molecule has 0 amide bonds. The van der Waals surface area contributed by atoms with Crippen LogP contribution in [0.1, 0.15) is 492 Å². The van der Waals surface area contributed by atoms with Gasteiger partial charge >= 0.3 is 139 Å². The molecule has 0 aliphatic heterocycles. The third-order valence-corrected chi connectivity index (χ3v) is 31.1. The molecule has 0 N–H and O–H groups in total. The van der Waals surface area contributed by atoms with Crippen molar-refractivity contribution in [3.8, 4) is 0 Å². The number of carboxylic acid groups (broad SMARTS) is 4. The molecule has 9 nitrogen and oxygen atoms in total. The number of aliphatic carboxylic acids is 4. The first-order valence-corrected chi connectivity index (χ1v) is 59.6. The van der Waals surface area contributed by atoms with Crippen molar-refractivity contribution in [2.75, 3.05) is 23.0 Å². The maximum atomic E-state index is 10.8. The summed E-state index contributed by atoms with van der Waals surface area (Å²) < 4.78 is 6.50. The summed E-state index contributed by atoms with van der Waals surface area (Å²) >= 11 is 16.5. The average Bonchev–Trinajstić information content (AvgIpc) is 1.35. The molecular formula is C100H192O9S4Sn2-6. The van der Waals surface area contributed by atoms with Crippen molar-refractivity contribution in [2.24, 2.45) is 23.7 Å². The molecule has 15 heteroatoms. The Kier molecular flexibility index (Phi) is 134. The van der Waals surface area contributed by atoms with Gasteiger partial charge in [-0.05, 0) is 151 Å². The molecule has 0 aliphatic carbocycles. The predicted octanol–water partition coefficient (Wildman–Crippen LogP) is 29.0. The van der Waals surface area contributed by atoms with Crippen LogP contribution in [0.15, 0.2) is 48.6 Å². The minimum atomic E-state index is -0.947. The molecule has 0 aliphatic rings. The number of rotatable bonds is 84. The molecule has 0 spiro atoms. The van der Waals surface area contributed by atoms with Crippen molar-refractivity contribution >= 4 is 117 Å². The molecule has 115 heavy (non-hydrogen) atoms. The Balaban J connectivity index is -0.000000251. The van der Waals surface area contributed by atoms with Crippen molar-refractivity contribution in [3.63, 3.8) is 0 Å². The van der Waals surface area contributed by atoms with E-state index in [0.29, 0.717) is 48.7 Å². The Hall–Kier alpha value is -0.203. The standard InChI is InChI=1S/4C21H40O2S.4C4H9.O.2Sn/c4*1-2-3-4-5-6-7-8-9-10-11-12-13-14-15-16-17-18-20(19-24)21(22)23;4*1-3-4-2;;;/h4*9-10,20,24H,2-8,11-19H2,1H3,(H,22,23);4*1,3-4H2,2H3;;;/q;;;;;;;;-2;;/p-4/b4*10-9-;;;;;;;. The van der Waals surface area contributed by atoms with E-state index in [1.807, 2.05) is 0 Å². The number of hydrogen-bond acceptors (Lipinski definition) is 12. The molecule has 0 saturated carbocycles. The zero-order valence-electron chi connectivity index (χ0n) is 77.1. The molecule has 4 atom stereocenters. The summed E-state index contributed by atoms with van der Waals surface area (Å²) in [7, 11) is 0. The third-order valence-electron chi connectivity index (χ3n) is 21.3. The van der Waals surface area contributed by atoms with Crippen molar-refractivity contribution in [3.05, 3.63) is 48.6 Å². The molecule has 0 aromatic heterocycles. The molecule has 4 radical (unpaired) electrons. The Labute approximate surface area is 760 Å². The number of thiol groups is 4. The number of carbonyl (C=O) groups is 4. The van der Waals surface area contributed by atoms with E-state index < -0.39 is 23.9 Å². The summed E-state index contributed by atoms with van der Waals surface area (Å²) in [5, 5.41) is 43.0. The second-order valence-electron chi connectivity index (χ2n) is 32.6. The summed E-state index contributed by atoms with van der Waals surface area (Å²) in [4.78, 5) is 43.0. The van der Waals surface area contributed by atoms with Crippen molar-refractivity contribution in [2.45, 2.75) is 510 Å². The number of carbonyl (C=O) groups excluding carboxylic acids is 4. The van der Waals surface area contributed by atoms with Gasteiger partial charge in [-0.1, -0.05) is 333 Å². The van der Waals surface area contributed by atoms with Gasteiger partial charge in [-0.25, -0.2) is 0 Å². The Morgan fingerprint density at radius 1 is 0.209 bits per heavy atom. The van der Waals surface area contributed by atoms with Crippen molar-refractivity contribution < 1.29 is 45.1 Å². The van der Waals surface area contributed by atoms with Gasteiger partial charge in [-0.15, -0.1) is 0 Å². The first kappa shape index (κ1) is 128. The van der Waals surface area contributed by atoms with Gasteiger partial charge in [0.15, 0.2) is 0 Å². The molecule has 0 aromatic rings. The van der Waals surface area contributed by atoms with Crippen molar-refractivity contribution in [1.82, 2.24) is 0 Å². The summed E-state index contributed by atoms with van der Waals surface area (Å²) in [6, 6.07) is 0. The third kappa shape index (κ3) is 122. The number of allylic oxidation sites excluding steroid dienone is 8. The van der Waals surface area contributed by atoms with E-state index in [9.17, 15) is 39.6 Å². The second kappa shape index (κ2) is 120. The average molecular weight is 1900 g/mol. The molecule has 0 bridgehead atoms. The number of unbranched alkanes of at least 4 members (excludes halogenated alkanes) is 52. The van der Waals surface area contributed by atoms with Crippen LogP contribution in [0, 0.1) is 23.7 Å². The monoisotopic (exact) mass is 1910 g/mol. The van der Waals surface area contributed by atoms with Gasteiger partial charge in [0.25, 0.3) is 0 Å². The maximum Gasteiger partial charge on any atom is -2.00 e. The van der Waals surface area contributed by atoms with Crippen LogP contribution in [0.2, 0.25) is 17.7 Å². The van der Waals surface area contributed by atoms with Gasteiger partial charge in [0.1, 0.15) is 0 Å². The van der Waals surface area contributed by atoms with Crippen LogP contribution in [0.4, 0.5) is 0 Å². The summed E-state index contributed by atoms with van der Waals surface area (Å²) in [6.45, 7) is 18.2. The normalized spacial score (nSPS) is 12.2. The van der Waals surface area contributed by atoms with Crippen LogP contribution in [0.3, 0.4) is 0 Å². The van der Waals surface area contributed by atoms with E-state index in [2.05, 4.69) is 155 Å². The van der Waals surface area contributed by atoms with E-state index in [0.717, 1.165) is 51.4 Å². The minimum Gasteiger partial charge on any atom is -2.00 e. The Morgan fingerprint density at radius 3 is 0.452 bits per heavy atom. The van der Waals surface area contributed by atoms with Gasteiger partial charge in [0.2, 0.25) is 0 Å². The summed E-state index contributed by atoms with van der Waals surface area (Å²) in [5.41, 5.74) is 0. The van der Waals surface area contributed by atoms with Crippen LogP contribution in [0.25, 0.3) is 0 Å². The van der Waals surface area contributed by atoms with Gasteiger partial charge in [0.05, 0.1) is 0 Å². The van der Waals surface area contributed by atoms with Crippen LogP contribution >= 0.6 is 50.5 Å². The Bertz CT molecular complexity index is 1680. The molecular weight excluding hydrogens is 1710 g/mol. The van der Waals surface area contributed by atoms with Crippen LogP contribution < -0.4 is 20.4 Å². The first-order valence-electron chi connectivity index (χ1n) is 49.0. The van der Waals surface area contributed by atoms with Gasteiger partial charge in [-0.2, -0.15) is 50.5 Å². The molecule has 0 heterocycles. The predicted molar refractivity (Wildman–Crippen MR) is 517 cm³/mol. The van der Waals surface area contributed by atoms with Crippen LogP contribution in [0.5, 0.6) is 0 Å². The Morgan fingerprint density at radius 2 is 0.330 bits per heavy atom. The number of carboxylic acids is 4. The first-order chi connectivity index (χ1) is 55.7. The summed E-state index contributed by atoms with van der Waals surface area (Å²) in [5.74, 6) is -3.68. The van der Waals surface area contributed by atoms with E-state index in [1.54, 1.807) is 17.7 Å². The number of hydrogen-bond donors (Lipinski definition) is 4. The molecule has 0 aromatic carbocycles. The van der Waals surface area contributed by atoms with Crippen molar-refractivity contribution in [1.29, 1.82) is 0 Å². The fraction of sp³-hybridized carbons (Fsp3) is 0.880. The maximum absolute atomic E-state index is 10.8. The van der Waals surface area contributed by atoms with Gasteiger partial charge in [0, 0.05) is 47.5 Å². The second-order valence-corrected chi connectivity index (χ2v) is 42.6. The smallest absolute Gasteiger partial charge is 2.00 e. The SMILES string of the molecule is CCCCCCCC/C=C\CCCCCCCCC(CS)C(=O)[O-].CCCCCCCC/C=C\CCCCCCCCC(CS)C(=O)[O-].CCCCCCCC/C=C\CCCCCCCCC(CS)C(=O)[O-].CCCCCCCC/C=C\CCCCCCCCC(CS)C(=O)[O-].CCC[CH2][Sn][CH2]CCC.CCC[CH2][Sn][CH2]CCC.[O-2]. The fourth-order valence-electron chi connectivity index (χ4n) is 13.1. The molecule has 0 saturated heterocycles. The summed E-state index contributed by atoms with van der Waals surface area (Å²) in [6.07, 6.45) is 105. The zero-order chi connectivity index (χ0) is 85.4. The van der Waals surface area contributed by atoms with Crippen LogP contribution in [-0.2, 0) is 24.7 Å². The molecule has 4 unspecified atom stereocenters. The molecule has 0 fully saturated rings. The van der Waals surface area contributed by atoms with E-state index in [-0.39, 0.29) is 71.4 Å². The molecule has 684 valence electrons. The van der Waals surface area contributed by atoms with Crippen LogP contribution in [-0.4, -0.2) is 89.2 Å².